The molecule has 6 saturated heterocycles. The zero-order valence-electron chi connectivity index (χ0n) is 51.1. The maximum absolute atomic E-state index is 13.2. The number of rotatable bonds is 9. The molecule has 0 aliphatic carbocycles. The third kappa shape index (κ3) is 32.2. The van der Waals surface area contributed by atoms with Gasteiger partial charge in [-0.25, -0.2) is 17.6 Å². The van der Waals surface area contributed by atoms with Crippen LogP contribution in [0.1, 0.15) is 254 Å². The standard InChI is InChI=1S/2C11H22FN.C10H19F2N.3C10H21N.CH4/c1-9(2)13-7-4-5-11(6-8-13)10(3)12;1-9(2)13-7-5-4-6-11(8-13)10(3)12;1-8(2)13-7-5-3-4-6-9(13)10(11)12;1-9(2)11-7-4-5-10(3)6-8-11;1-9(2)11-7-5-4-6-10(3)8-11;1-9(2)11-8-6-4-5-7-10(11)3;/h2*9-11H,4-8H2,1-3H3;8-10H,3-7H2,1-2H3;3*9-10H,4-8H2,1-3H3;1H4/t2*10?,11-;9-;3*10-;/m110111./s1. The molecule has 0 bridgehead atoms. The molecule has 6 heterocycles. The highest BCUT2D eigenvalue weighted by atomic mass is 19.3. The molecule has 2 unspecified atom stereocenters. The summed E-state index contributed by atoms with van der Waals surface area (Å²) < 4.78 is 51.6. The third-order valence-electron chi connectivity index (χ3n) is 17.3. The van der Waals surface area contributed by atoms with Crippen molar-refractivity contribution in [1.82, 2.24) is 29.4 Å². The molecule has 73 heavy (non-hydrogen) atoms. The highest BCUT2D eigenvalue weighted by molar-refractivity contribution is 4.81. The Morgan fingerprint density at radius 2 is 0.712 bits per heavy atom. The van der Waals surface area contributed by atoms with Crippen LogP contribution in [0.15, 0.2) is 0 Å². The lowest BCUT2D eigenvalue weighted by molar-refractivity contribution is 0.0105. The molecule has 0 spiro atoms. The lowest BCUT2D eigenvalue weighted by atomic mass is 9.96. The van der Waals surface area contributed by atoms with E-state index in [-0.39, 0.29) is 19.4 Å². The van der Waals surface area contributed by atoms with Crippen molar-refractivity contribution in [1.29, 1.82) is 0 Å². The SMILES string of the molecule is C.CC(C)N1CCCCC[C@H]1C.CC(C)N1CCCCC[C@H]1C(F)F.CC(C)N1CCCC[C@@H](C)C1.CC(C)N1CCC[C@@H](C)CC1.CC(F)[C@@H]1CCCCN(C(C)C)C1.CC(F)[C@@H]1CCCN(C(C)C)CC1. The lowest BCUT2D eigenvalue weighted by Crippen LogP contribution is -2.44. The summed E-state index contributed by atoms with van der Waals surface area (Å²) in [7, 11) is 0. The molecule has 0 aromatic carbocycles. The Bertz CT molecular complexity index is 1200. The zero-order valence-corrected chi connectivity index (χ0v) is 51.1. The maximum atomic E-state index is 13.2. The van der Waals surface area contributed by atoms with Crippen molar-refractivity contribution in [2.45, 2.75) is 321 Å². The van der Waals surface area contributed by atoms with E-state index < -0.39 is 24.8 Å². The van der Waals surface area contributed by atoms with Gasteiger partial charge in [-0.15, -0.1) is 0 Å². The molecule has 0 N–H and O–H groups in total. The van der Waals surface area contributed by atoms with E-state index in [4.69, 9.17) is 0 Å². The zero-order chi connectivity index (χ0) is 54.3. The highest BCUT2D eigenvalue weighted by Gasteiger charge is 2.30. The Morgan fingerprint density at radius 1 is 0.315 bits per heavy atom. The Hall–Kier alpha value is -0.520. The second-order valence-corrected chi connectivity index (χ2v) is 25.5. The number of halogens is 4. The molecular weight excluding hydrogens is 917 g/mol. The van der Waals surface area contributed by atoms with Crippen LogP contribution in [0.3, 0.4) is 0 Å². The second-order valence-electron chi connectivity index (χ2n) is 25.5. The summed E-state index contributed by atoms with van der Waals surface area (Å²) in [6.45, 7) is 49.0. The first kappa shape index (κ1) is 72.5. The van der Waals surface area contributed by atoms with Gasteiger partial charge in [0.2, 0.25) is 0 Å². The van der Waals surface area contributed by atoms with Crippen LogP contribution in [0.4, 0.5) is 17.6 Å². The molecule has 6 fully saturated rings. The monoisotopic (exact) mass is 1050 g/mol. The molecule has 10 heteroatoms. The minimum atomic E-state index is -2.18. The topological polar surface area (TPSA) is 19.4 Å². The summed E-state index contributed by atoms with van der Waals surface area (Å²) in [5.41, 5.74) is 0. The van der Waals surface area contributed by atoms with Crippen molar-refractivity contribution in [3.8, 4) is 0 Å². The van der Waals surface area contributed by atoms with Crippen molar-refractivity contribution < 1.29 is 17.6 Å². The van der Waals surface area contributed by atoms with Gasteiger partial charge >= 0.3 is 0 Å². The highest BCUT2D eigenvalue weighted by Crippen LogP contribution is 2.26. The van der Waals surface area contributed by atoms with E-state index in [0.717, 1.165) is 114 Å². The van der Waals surface area contributed by atoms with Crippen LogP contribution in [0, 0.1) is 23.7 Å². The first-order valence-corrected chi connectivity index (χ1v) is 31.0. The van der Waals surface area contributed by atoms with Crippen LogP contribution in [0.5, 0.6) is 0 Å². The molecule has 0 aromatic heterocycles. The molecule has 0 amide bonds. The molecule has 6 rings (SSSR count). The summed E-state index contributed by atoms with van der Waals surface area (Å²) in [6.07, 6.45) is 21.3. The van der Waals surface area contributed by atoms with Gasteiger partial charge < -0.3 is 19.6 Å². The van der Waals surface area contributed by atoms with E-state index in [0.29, 0.717) is 24.4 Å². The van der Waals surface area contributed by atoms with Gasteiger partial charge in [-0.2, -0.15) is 0 Å². The molecule has 0 radical (unpaired) electrons. The fraction of sp³-hybridized carbons (Fsp3) is 1.00. The van der Waals surface area contributed by atoms with Gasteiger partial charge in [0.1, 0.15) is 12.3 Å². The minimum absolute atomic E-state index is 0. The number of nitrogens with zero attached hydrogens (tertiary/aromatic N) is 6. The van der Waals surface area contributed by atoms with Crippen LogP contribution in [-0.4, -0.2) is 162 Å². The molecule has 6 nitrogen and oxygen atoms in total. The van der Waals surface area contributed by atoms with Gasteiger partial charge in [0.25, 0.3) is 6.43 Å². The lowest BCUT2D eigenvalue weighted by Gasteiger charge is -2.32. The van der Waals surface area contributed by atoms with Crippen LogP contribution in [0.25, 0.3) is 0 Å². The number of hydrogen-bond donors (Lipinski definition) is 0. The average Bonchev–Trinajstić information content (AvgIpc) is 4.00. The third-order valence-corrected chi connectivity index (χ3v) is 17.3. The fourth-order valence-corrected chi connectivity index (χ4v) is 12.0. The smallest absolute Gasteiger partial charge is 0.253 e. The summed E-state index contributed by atoms with van der Waals surface area (Å²) >= 11 is 0. The fourth-order valence-electron chi connectivity index (χ4n) is 12.0. The number of hydrogen-bond acceptors (Lipinski definition) is 6. The molecule has 8 atom stereocenters. The quantitative estimate of drug-likeness (QED) is 0.213. The van der Waals surface area contributed by atoms with E-state index in [1.165, 1.54) is 110 Å². The van der Waals surface area contributed by atoms with E-state index in [9.17, 15) is 17.6 Å². The predicted molar refractivity (Wildman–Crippen MR) is 315 cm³/mol. The van der Waals surface area contributed by atoms with Crippen LogP contribution >= 0.6 is 0 Å². The summed E-state index contributed by atoms with van der Waals surface area (Å²) in [4.78, 5) is 14.7. The largest absolute Gasteiger partial charge is 0.301 e. The van der Waals surface area contributed by atoms with Gasteiger partial charge in [0, 0.05) is 61.3 Å². The van der Waals surface area contributed by atoms with Crippen LogP contribution in [-0.2, 0) is 0 Å². The predicted octanol–water partition coefficient (Wildman–Crippen LogP) is 16.9. The van der Waals surface area contributed by atoms with E-state index >= 15 is 0 Å². The van der Waals surface area contributed by atoms with Crippen LogP contribution in [0.2, 0.25) is 0 Å². The molecular formula is C63H130F4N6. The molecule has 0 saturated carbocycles. The normalized spacial score (nSPS) is 28.1. The summed E-state index contributed by atoms with van der Waals surface area (Å²) in [6, 6.07) is 3.99. The summed E-state index contributed by atoms with van der Waals surface area (Å²) in [5.74, 6) is 2.45. The number of likely N-dealkylation sites (tertiary alicyclic amines) is 6. The van der Waals surface area contributed by atoms with Crippen molar-refractivity contribution in [3.05, 3.63) is 0 Å². The van der Waals surface area contributed by atoms with E-state index in [2.05, 4.69) is 115 Å². The average molecular weight is 1050 g/mol. The Balaban J connectivity index is 0.000000851. The first-order chi connectivity index (χ1) is 34.0. The van der Waals surface area contributed by atoms with Gasteiger partial charge in [-0.05, 0) is 264 Å². The van der Waals surface area contributed by atoms with Gasteiger partial charge in [0.05, 0.1) is 6.04 Å². The van der Waals surface area contributed by atoms with Crippen molar-refractivity contribution >= 4 is 0 Å². The Morgan fingerprint density at radius 3 is 1.21 bits per heavy atom. The van der Waals surface area contributed by atoms with Gasteiger partial charge in [-0.1, -0.05) is 59.8 Å². The first-order valence-electron chi connectivity index (χ1n) is 31.0. The van der Waals surface area contributed by atoms with Crippen molar-refractivity contribution in [3.63, 3.8) is 0 Å². The Labute approximate surface area is 455 Å². The van der Waals surface area contributed by atoms with E-state index in [1.54, 1.807) is 13.8 Å². The second kappa shape index (κ2) is 41.5. The number of alkyl halides is 4. The maximum Gasteiger partial charge on any atom is 0.253 e. The van der Waals surface area contributed by atoms with Gasteiger partial charge in [0.15, 0.2) is 0 Å². The van der Waals surface area contributed by atoms with Crippen molar-refractivity contribution in [2.24, 2.45) is 23.7 Å². The van der Waals surface area contributed by atoms with Crippen molar-refractivity contribution in [2.75, 3.05) is 65.4 Å². The summed E-state index contributed by atoms with van der Waals surface area (Å²) in [5, 5.41) is 0. The minimum Gasteiger partial charge on any atom is -0.301 e. The molecule has 0 aromatic rings. The van der Waals surface area contributed by atoms with E-state index in [1.807, 2.05) is 18.7 Å². The van der Waals surface area contributed by atoms with Crippen LogP contribution < -0.4 is 0 Å². The Kier molecular flexibility index (Phi) is 41.2. The van der Waals surface area contributed by atoms with Gasteiger partial charge in [-0.3, -0.25) is 9.80 Å². The molecule has 440 valence electrons. The molecule has 6 aliphatic heterocycles. The molecule has 6 aliphatic rings.